The van der Waals surface area contributed by atoms with Crippen LogP contribution in [0.25, 0.3) is 0 Å². The van der Waals surface area contributed by atoms with Crippen LogP contribution >= 0.6 is 0 Å². The number of aromatic nitrogens is 2. The average Bonchev–Trinajstić information content (AvgIpc) is 2.73. The molecule has 0 aliphatic rings. The van der Waals surface area contributed by atoms with Gasteiger partial charge in [-0.05, 0) is 11.3 Å². The maximum absolute atomic E-state index is 11.3. The van der Waals surface area contributed by atoms with Gasteiger partial charge in [0.15, 0.2) is 11.6 Å². The summed E-state index contributed by atoms with van der Waals surface area (Å²) in [5.74, 6) is -2.85. The van der Waals surface area contributed by atoms with Crippen LogP contribution in [0.15, 0.2) is 6.20 Å². The van der Waals surface area contributed by atoms with Crippen LogP contribution in [0.1, 0.15) is 29.7 Å². The van der Waals surface area contributed by atoms with Crippen molar-refractivity contribution in [2.75, 3.05) is 7.11 Å². The van der Waals surface area contributed by atoms with Gasteiger partial charge in [0.1, 0.15) is 0 Å². The van der Waals surface area contributed by atoms with Crippen LogP contribution in [-0.2, 0) is 9.53 Å². The van der Waals surface area contributed by atoms with Gasteiger partial charge in [-0.25, -0.2) is 9.59 Å². The highest BCUT2D eigenvalue weighted by Gasteiger charge is 2.31. The van der Waals surface area contributed by atoms with E-state index in [4.69, 9.17) is 5.11 Å². The molecule has 1 heterocycles. The van der Waals surface area contributed by atoms with E-state index < -0.39 is 28.7 Å². The van der Waals surface area contributed by atoms with E-state index in [2.05, 4.69) is 9.84 Å². The predicted octanol–water partition coefficient (Wildman–Crippen LogP) is 0.614. The second kappa shape index (κ2) is 5.25. The number of aliphatic carboxylic acids is 1. The lowest BCUT2D eigenvalue weighted by atomic mass is 10.2. The minimum Gasteiger partial charge on any atom is -0.480 e. The van der Waals surface area contributed by atoms with Crippen molar-refractivity contribution in [3.05, 3.63) is 21.9 Å². The summed E-state index contributed by atoms with van der Waals surface area (Å²) >= 11 is 0. The van der Waals surface area contributed by atoms with Crippen molar-refractivity contribution in [2.24, 2.45) is 0 Å². The van der Waals surface area contributed by atoms with Crippen molar-refractivity contribution in [3.8, 4) is 0 Å². The molecule has 0 radical (unpaired) electrons. The lowest BCUT2D eigenvalue weighted by Gasteiger charge is -2.04. The predicted molar refractivity (Wildman–Crippen MR) is 57.2 cm³/mol. The molecule has 0 spiro atoms. The highest BCUT2D eigenvalue weighted by molar-refractivity contribution is 5.92. The van der Waals surface area contributed by atoms with Crippen LogP contribution < -0.4 is 0 Å². The molecular weight excluding hydrogens is 246 g/mol. The Bertz CT molecular complexity index is 494. The molecule has 0 saturated carbocycles. The van der Waals surface area contributed by atoms with E-state index >= 15 is 0 Å². The Morgan fingerprint density at radius 2 is 2.28 bits per heavy atom. The zero-order chi connectivity index (χ0) is 13.9. The van der Waals surface area contributed by atoms with Crippen LogP contribution in [0.4, 0.5) is 5.82 Å². The smallest absolute Gasteiger partial charge is 0.404 e. The van der Waals surface area contributed by atoms with E-state index in [0.29, 0.717) is 0 Å². The number of methoxy groups -OCH3 is 1. The van der Waals surface area contributed by atoms with Gasteiger partial charge in [0.25, 0.3) is 0 Å². The third-order valence-corrected chi connectivity index (χ3v) is 2.28. The lowest BCUT2D eigenvalue weighted by molar-refractivity contribution is -0.390. The molecule has 9 heteroatoms. The summed E-state index contributed by atoms with van der Waals surface area (Å²) in [5, 5.41) is 23.1. The number of esters is 1. The number of carbonyl (C=O) groups excluding carboxylic acids is 1. The van der Waals surface area contributed by atoms with Gasteiger partial charge in [0.2, 0.25) is 0 Å². The van der Waals surface area contributed by atoms with Crippen LogP contribution in [0, 0.1) is 10.1 Å². The van der Waals surface area contributed by atoms with E-state index in [1.54, 1.807) is 6.92 Å². The molecule has 0 unspecified atom stereocenters. The number of carbonyl (C=O) groups is 2. The molecule has 1 N–H and O–H groups in total. The van der Waals surface area contributed by atoms with E-state index in [-0.39, 0.29) is 12.0 Å². The summed E-state index contributed by atoms with van der Waals surface area (Å²) in [6.45, 7) is 1.59. The van der Waals surface area contributed by atoms with Crippen molar-refractivity contribution < 1.29 is 24.4 Å². The van der Waals surface area contributed by atoms with Gasteiger partial charge < -0.3 is 20.0 Å². The Labute approximate surface area is 101 Å². The zero-order valence-corrected chi connectivity index (χ0v) is 9.69. The molecule has 9 nitrogen and oxygen atoms in total. The fourth-order valence-electron chi connectivity index (χ4n) is 1.41. The monoisotopic (exact) mass is 257 g/mol. The number of carboxylic acids is 1. The number of hydrogen-bond acceptors (Lipinski definition) is 6. The molecule has 1 rings (SSSR count). The number of nitro groups is 1. The third-order valence-electron chi connectivity index (χ3n) is 2.28. The number of nitrogens with zero attached hydrogens (tertiary/aromatic N) is 3. The Morgan fingerprint density at radius 1 is 1.67 bits per heavy atom. The van der Waals surface area contributed by atoms with Gasteiger partial charge in [-0.15, -0.1) is 0 Å². The first kappa shape index (κ1) is 13.6. The Balaban J connectivity index is 3.29. The minimum absolute atomic E-state index is 0.175. The molecule has 0 bridgehead atoms. The normalized spacial score (nSPS) is 11.9. The molecule has 0 saturated heterocycles. The first-order valence-corrected chi connectivity index (χ1v) is 4.97. The zero-order valence-electron chi connectivity index (χ0n) is 9.69. The average molecular weight is 257 g/mol. The summed E-state index contributed by atoms with van der Waals surface area (Å²) in [5.41, 5.74) is -0.373. The molecule has 0 amide bonds. The van der Waals surface area contributed by atoms with Crippen molar-refractivity contribution in [3.63, 3.8) is 0 Å². The summed E-state index contributed by atoms with van der Waals surface area (Å²) in [6, 6.07) is -1.07. The standard InChI is InChI=1S/C9H11N3O6/c1-3-6(8(13)14)11-4-5(9(15)18-2)7(10-11)12(16)17/h4,6H,3H2,1-2H3,(H,13,14)/t6-/m1/s1. The Hall–Kier alpha value is -2.45. The molecule has 18 heavy (non-hydrogen) atoms. The number of carboxylic acid groups (broad SMARTS) is 1. The number of hydrogen-bond donors (Lipinski definition) is 1. The molecule has 1 aromatic rings. The van der Waals surface area contributed by atoms with Crippen molar-refractivity contribution in [1.29, 1.82) is 0 Å². The topological polar surface area (TPSA) is 125 Å². The van der Waals surface area contributed by atoms with E-state index in [1.165, 1.54) is 0 Å². The fraction of sp³-hybridized carbons (Fsp3) is 0.444. The molecule has 0 aliphatic carbocycles. The SMILES string of the molecule is CC[C@H](C(=O)O)n1cc(C(=O)OC)c([N+](=O)[O-])n1. The van der Waals surface area contributed by atoms with Crippen molar-refractivity contribution >= 4 is 17.8 Å². The van der Waals surface area contributed by atoms with Gasteiger partial charge in [-0.3, -0.25) is 0 Å². The fourth-order valence-corrected chi connectivity index (χ4v) is 1.41. The largest absolute Gasteiger partial charge is 0.480 e. The molecule has 0 aromatic carbocycles. The summed E-state index contributed by atoms with van der Waals surface area (Å²) < 4.78 is 5.25. The Kier molecular flexibility index (Phi) is 3.97. The maximum atomic E-state index is 11.3. The first-order valence-electron chi connectivity index (χ1n) is 4.97. The van der Waals surface area contributed by atoms with Crippen LogP contribution in [0.3, 0.4) is 0 Å². The third kappa shape index (κ3) is 2.44. The highest BCUT2D eigenvalue weighted by Crippen LogP contribution is 2.21. The van der Waals surface area contributed by atoms with Crippen molar-refractivity contribution in [2.45, 2.75) is 19.4 Å². The molecular formula is C9H11N3O6. The van der Waals surface area contributed by atoms with Gasteiger partial charge >= 0.3 is 17.8 Å². The van der Waals surface area contributed by atoms with Crippen molar-refractivity contribution in [1.82, 2.24) is 9.78 Å². The molecule has 1 atom stereocenters. The Morgan fingerprint density at radius 3 is 2.67 bits per heavy atom. The lowest BCUT2D eigenvalue weighted by Crippen LogP contribution is -2.18. The molecule has 0 fully saturated rings. The van der Waals surface area contributed by atoms with E-state index in [1.807, 2.05) is 0 Å². The highest BCUT2D eigenvalue weighted by atomic mass is 16.6. The number of rotatable bonds is 5. The van der Waals surface area contributed by atoms with Gasteiger partial charge in [0.05, 0.1) is 18.4 Å². The molecule has 98 valence electrons. The van der Waals surface area contributed by atoms with Gasteiger partial charge in [0, 0.05) is 0 Å². The minimum atomic E-state index is -1.19. The molecule has 1 aromatic heterocycles. The summed E-state index contributed by atoms with van der Waals surface area (Å²) in [4.78, 5) is 32.1. The maximum Gasteiger partial charge on any atom is 0.404 e. The summed E-state index contributed by atoms with van der Waals surface area (Å²) in [6.07, 6.45) is 1.18. The van der Waals surface area contributed by atoms with Crippen LogP contribution in [-0.4, -0.2) is 38.9 Å². The van der Waals surface area contributed by atoms with E-state index in [0.717, 1.165) is 18.0 Å². The first-order chi connectivity index (χ1) is 8.42. The second-order valence-corrected chi connectivity index (χ2v) is 3.36. The van der Waals surface area contributed by atoms with E-state index in [9.17, 15) is 19.7 Å². The second-order valence-electron chi connectivity index (χ2n) is 3.36. The molecule has 0 aliphatic heterocycles. The van der Waals surface area contributed by atoms with Crippen LogP contribution in [0.5, 0.6) is 0 Å². The van der Waals surface area contributed by atoms with Crippen LogP contribution in [0.2, 0.25) is 0 Å². The number of ether oxygens (including phenoxy) is 1. The van der Waals surface area contributed by atoms with Gasteiger partial charge in [-0.1, -0.05) is 6.92 Å². The van der Waals surface area contributed by atoms with Gasteiger partial charge in [-0.2, -0.15) is 4.68 Å². The summed E-state index contributed by atoms with van der Waals surface area (Å²) in [7, 11) is 1.07. The quantitative estimate of drug-likeness (QED) is 0.465.